The van der Waals surface area contributed by atoms with Gasteiger partial charge in [0.05, 0.1) is 18.1 Å². The van der Waals surface area contributed by atoms with Crippen LogP contribution in [0, 0.1) is 5.92 Å². The van der Waals surface area contributed by atoms with Crippen LogP contribution >= 0.6 is 12.4 Å². The van der Waals surface area contributed by atoms with Gasteiger partial charge in [0.2, 0.25) is 10.0 Å². The summed E-state index contributed by atoms with van der Waals surface area (Å²) >= 11 is 0. The number of nitrogens with two attached hydrogens (primary N) is 1. The molecular formula is C16H24ClN3O4S. The van der Waals surface area contributed by atoms with Crippen LogP contribution in [0.1, 0.15) is 23.2 Å². The second kappa shape index (κ2) is 8.46. The quantitative estimate of drug-likeness (QED) is 0.741. The summed E-state index contributed by atoms with van der Waals surface area (Å²) in [6, 6.07) is 5.87. The highest BCUT2D eigenvalue weighted by Gasteiger charge is 2.29. The molecule has 1 saturated carbocycles. The number of halogens is 1. The molecule has 0 radical (unpaired) electrons. The lowest BCUT2D eigenvalue weighted by Crippen LogP contribution is -2.40. The van der Waals surface area contributed by atoms with E-state index in [0.717, 1.165) is 12.8 Å². The van der Waals surface area contributed by atoms with Crippen LogP contribution in [0.15, 0.2) is 29.2 Å². The predicted octanol–water partition coefficient (Wildman–Crippen LogP) is 0.596. The number of morpholine rings is 1. The number of hydrogen-bond acceptors (Lipinski definition) is 5. The van der Waals surface area contributed by atoms with E-state index in [1.54, 1.807) is 17.0 Å². The molecule has 1 heterocycles. The molecular weight excluding hydrogens is 366 g/mol. The number of nitrogens with zero attached hydrogens (tertiary/aromatic N) is 1. The van der Waals surface area contributed by atoms with Crippen LogP contribution in [0.2, 0.25) is 0 Å². The number of amides is 1. The van der Waals surface area contributed by atoms with Gasteiger partial charge in [0, 0.05) is 31.2 Å². The molecule has 7 nitrogen and oxygen atoms in total. The van der Waals surface area contributed by atoms with E-state index in [0.29, 0.717) is 37.8 Å². The molecule has 0 bridgehead atoms. The Labute approximate surface area is 154 Å². The molecule has 1 amide bonds. The highest BCUT2D eigenvalue weighted by atomic mass is 35.5. The maximum Gasteiger partial charge on any atom is 0.254 e. The van der Waals surface area contributed by atoms with Crippen molar-refractivity contribution in [2.24, 2.45) is 11.7 Å². The minimum Gasteiger partial charge on any atom is -0.378 e. The van der Waals surface area contributed by atoms with Crippen molar-refractivity contribution in [1.29, 1.82) is 0 Å². The fourth-order valence-corrected chi connectivity index (χ4v) is 3.78. The predicted molar refractivity (Wildman–Crippen MR) is 96.3 cm³/mol. The normalized spacial score (nSPS) is 19.2. The zero-order valence-corrected chi connectivity index (χ0v) is 15.5. The summed E-state index contributed by atoms with van der Waals surface area (Å²) in [7, 11) is -3.60. The fourth-order valence-electron chi connectivity index (χ4n) is 2.71. The van der Waals surface area contributed by atoms with Gasteiger partial charge in [-0.15, -0.1) is 12.4 Å². The largest absolute Gasteiger partial charge is 0.378 e. The van der Waals surface area contributed by atoms with E-state index in [-0.39, 0.29) is 35.8 Å². The molecule has 1 aromatic carbocycles. The maximum atomic E-state index is 12.3. The average molecular weight is 390 g/mol. The Morgan fingerprint density at radius 1 is 1.24 bits per heavy atom. The second-order valence-electron chi connectivity index (χ2n) is 6.28. The molecule has 1 unspecified atom stereocenters. The van der Waals surface area contributed by atoms with Gasteiger partial charge < -0.3 is 15.4 Å². The standard InChI is InChI=1S/C16H23N3O4S.ClH/c17-15(12-1-2-12)11-18-24(21,22)14-5-3-13(4-6-14)16(20)19-7-9-23-10-8-19;/h3-6,12,15,18H,1-2,7-11,17H2;1H. The third kappa shape index (κ3) is 5.15. The summed E-state index contributed by atoms with van der Waals surface area (Å²) in [6.07, 6.45) is 2.14. The summed E-state index contributed by atoms with van der Waals surface area (Å²) in [5, 5.41) is 0. The summed E-state index contributed by atoms with van der Waals surface area (Å²) in [4.78, 5) is 14.2. The first-order valence-corrected chi connectivity index (χ1v) is 9.68. The lowest BCUT2D eigenvalue weighted by atomic mass is 10.2. The third-order valence-electron chi connectivity index (χ3n) is 4.45. The highest BCUT2D eigenvalue weighted by Crippen LogP contribution is 2.31. The Bertz CT molecular complexity index is 686. The number of ether oxygens (including phenoxy) is 1. The molecule has 0 spiro atoms. The van der Waals surface area contributed by atoms with Crippen LogP contribution in [0.4, 0.5) is 0 Å². The zero-order valence-electron chi connectivity index (χ0n) is 13.9. The molecule has 3 N–H and O–H groups in total. The van der Waals surface area contributed by atoms with Gasteiger partial charge in [0.1, 0.15) is 0 Å². The van der Waals surface area contributed by atoms with Crippen LogP contribution in [0.25, 0.3) is 0 Å². The first-order valence-electron chi connectivity index (χ1n) is 8.20. The molecule has 0 aromatic heterocycles. The molecule has 1 aliphatic heterocycles. The van der Waals surface area contributed by atoms with Crippen LogP contribution in [0.3, 0.4) is 0 Å². The van der Waals surface area contributed by atoms with Gasteiger partial charge in [-0.25, -0.2) is 13.1 Å². The number of carbonyl (C=O) groups is 1. The molecule has 1 aliphatic carbocycles. The molecule has 25 heavy (non-hydrogen) atoms. The summed E-state index contributed by atoms with van der Waals surface area (Å²) in [5.41, 5.74) is 6.40. The van der Waals surface area contributed by atoms with Crippen LogP contribution in [-0.4, -0.2) is 58.1 Å². The van der Waals surface area contributed by atoms with E-state index in [4.69, 9.17) is 10.5 Å². The number of benzene rings is 1. The summed E-state index contributed by atoms with van der Waals surface area (Å²) in [6.45, 7) is 2.41. The van der Waals surface area contributed by atoms with Crippen molar-refractivity contribution in [3.63, 3.8) is 0 Å². The number of sulfonamides is 1. The van der Waals surface area contributed by atoms with Gasteiger partial charge in [0.15, 0.2) is 0 Å². The zero-order chi connectivity index (χ0) is 17.2. The Morgan fingerprint density at radius 3 is 2.40 bits per heavy atom. The molecule has 9 heteroatoms. The SMILES string of the molecule is Cl.NC(CNS(=O)(=O)c1ccc(C(=O)N2CCOCC2)cc1)C1CC1. The fraction of sp³-hybridized carbons (Fsp3) is 0.562. The monoisotopic (exact) mass is 389 g/mol. The maximum absolute atomic E-state index is 12.3. The van der Waals surface area contributed by atoms with Crippen LogP contribution in [-0.2, 0) is 14.8 Å². The second-order valence-corrected chi connectivity index (χ2v) is 8.05. The lowest BCUT2D eigenvalue weighted by Gasteiger charge is -2.26. The summed E-state index contributed by atoms with van der Waals surface area (Å²) in [5.74, 6) is 0.326. The van der Waals surface area contributed by atoms with Crippen molar-refractivity contribution in [3.8, 4) is 0 Å². The molecule has 2 fully saturated rings. The average Bonchev–Trinajstić information content (AvgIpc) is 3.45. The summed E-state index contributed by atoms with van der Waals surface area (Å²) < 4.78 is 32.3. The van der Waals surface area contributed by atoms with Crippen molar-refractivity contribution in [2.75, 3.05) is 32.8 Å². The van der Waals surface area contributed by atoms with E-state index < -0.39 is 10.0 Å². The van der Waals surface area contributed by atoms with E-state index in [1.807, 2.05) is 0 Å². The van der Waals surface area contributed by atoms with Gasteiger partial charge in [-0.05, 0) is 43.0 Å². The van der Waals surface area contributed by atoms with Crippen molar-refractivity contribution >= 4 is 28.3 Å². The Morgan fingerprint density at radius 2 is 1.84 bits per heavy atom. The molecule has 1 aromatic rings. The Balaban J connectivity index is 0.00000225. The van der Waals surface area contributed by atoms with Gasteiger partial charge in [-0.1, -0.05) is 0 Å². The molecule has 1 atom stereocenters. The van der Waals surface area contributed by atoms with Gasteiger partial charge >= 0.3 is 0 Å². The van der Waals surface area contributed by atoms with Crippen molar-refractivity contribution < 1.29 is 17.9 Å². The van der Waals surface area contributed by atoms with Crippen molar-refractivity contribution in [2.45, 2.75) is 23.8 Å². The number of rotatable bonds is 6. The van der Waals surface area contributed by atoms with Gasteiger partial charge in [0.25, 0.3) is 5.91 Å². The number of hydrogen-bond donors (Lipinski definition) is 2. The lowest BCUT2D eigenvalue weighted by molar-refractivity contribution is 0.0303. The van der Waals surface area contributed by atoms with Crippen molar-refractivity contribution in [1.82, 2.24) is 9.62 Å². The minimum absolute atomic E-state index is 0. The van der Waals surface area contributed by atoms with Gasteiger partial charge in [-0.2, -0.15) is 0 Å². The Kier molecular flexibility index (Phi) is 6.81. The molecule has 3 rings (SSSR count). The first-order chi connectivity index (χ1) is 11.5. The molecule has 140 valence electrons. The number of nitrogens with one attached hydrogen (secondary N) is 1. The van der Waals surface area contributed by atoms with Crippen molar-refractivity contribution in [3.05, 3.63) is 29.8 Å². The van der Waals surface area contributed by atoms with Crippen LogP contribution in [0.5, 0.6) is 0 Å². The molecule has 2 aliphatic rings. The molecule has 1 saturated heterocycles. The van der Waals surface area contributed by atoms with E-state index >= 15 is 0 Å². The van der Waals surface area contributed by atoms with E-state index in [2.05, 4.69) is 4.72 Å². The third-order valence-corrected chi connectivity index (χ3v) is 5.89. The van der Waals surface area contributed by atoms with E-state index in [1.165, 1.54) is 12.1 Å². The minimum atomic E-state index is -3.60. The van der Waals surface area contributed by atoms with E-state index in [9.17, 15) is 13.2 Å². The number of carbonyl (C=O) groups excluding carboxylic acids is 1. The topological polar surface area (TPSA) is 102 Å². The Hall–Kier alpha value is -1.19. The first kappa shape index (κ1) is 20.1. The van der Waals surface area contributed by atoms with Crippen LogP contribution < -0.4 is 10.5 Å². The highest BCUT2D eigenvalue weighted by molar-refractivity contribution is 7.89. The van der Waals surface area contributed by atoms with Gasteiger partial charge in [-0.3, -0.25) is 4.79 Å². The smallest absolute Gasteiger partial charge is 0.254 e.